The van der Waals surface area contributed by atoms with Gasteiger partial charge in [0.25, 0.3) is 0 Å². The fraction of sp³-hybridized carbons (Fsp3) is 0.632. The van der Waals surface area contributed by atoms with Crippen LogP contribution in [-0.4, -0.2) is 43.2 Å². The molecule has 1 saturated heterocycles. The van der Waals surface area contributed by atoms with Gasteiger partial charge in [0.1, 0.15) is 5.82 Å². The lowest BCUT2D eigenvalue weighted by Gasteiger charge is -2.33. The van der Waals surface area contributed by atoms with Gasteiger partial charge in [-0.3, -0.25) is 9.48 Å². The van der Waals surface area contributed by atoms with Gasteiger partial charge in [0.2, 0.25) is 5.91 Å². The summed E-state index contributed by atoms with van der Waals surface area (Å²) in [5.41, 5.74) is 0. The molecule has 25 heavy (non-hydrogen) atoms. The molecule has 1 aliphatic heterocycles. The Morgan fingerprint density at radius 1 is 1.28 bits per heavy atom. The summed E-state index contributed by atoms with van der Waals surface area (Å²) in [5.74, 6) is 1.87. The number of rotatable bonds is 7. The third kappa shape index (κ3) is 4.30. The van der Waals surface area contributed by atoms with Crippen molar-refractivity contribution in [2.45, 2.75) is 58.5 Å². The molecule has 136 valence electrons. The molecule has 0 unspecified atom stereocenters. The normalized spacial score (nSPS) is 17.0. The van der Waals surface area contributed by atoms with Crippen LogP contribution < -0.4 is 0 Å². The van der Waals surface area contributed by atoms with E-state index in [1.807, 2.05) is 35.0 Å². The number of carbonyl (C=O) groups is 1. The van der Waals surface area contributed by atoms with E-state index in [4.69, 9.17) is 0 Å². The van der Waals surface area contributed by atoms with Crippen molar-refractivity contribution in [1.29, 1.82) is 0 Å². The minimum absolute atomic E-state index is 0.0389. The van der Waals surface area contributed by atoms with Crippen LogP contribution in [0.2, 0.25) is 0 Å². The Labute approximate surface area is 149 Å². The quantitative estimate of drug-likeness (QED) is 0.777. The lowest BCUT2D eigenvalue weighted by molar-refractivity contribution is -0.136. The standard InChI is InChI=1S/C19H29N5O/c1-3-4-10-22-14-9-20-18(22)17-6-12-23(13-7-17)19(25)16(2)15-24-11-5-8-21-24/h5,8-9,11,14,16-17H,3-4,6-7,10,12-13,15H2,1-2H3/t16-/m1/s1. The van der Waals surface area contributed by atoms with E-state index in [0.717, 1.165) is 32.5 Å². The minimum atomic E-state index is -0.0389. The second kappa shape index (κ2) is 8.32. The van der Waals surface area contributed by atoms with Crippen LogP contribution in [0.15, 0.2) is 30.9 Å². The number of imidazole rings is 1. The summed E-state index contributed by atoms with van der Waals surface area (Å²) < 4.78 is 4.13. The minimum Gasteiger partial charge on any atom is -0.342 e. The van der Waals surface area contributed by atoms with Gasteiger partial charge in [-0.05, 0) is 25.3 Å². The Kier molecular flexibility index (Phi) is 5.89. The third-order valence-electron chi connectivity index (χ3n) is 5.11. The van der Waals surface area contributed by atoms with Gasteiger partial charge in [-0.2, -0.15) is 5.10 Å². The molecule has 0 spiro atoms. The van der Waals surface area contributed by atoms with E-state index in [-0.39, 0.29) is 11.8 Å². The SMILES string of the molecule is CCCCn1ccnc1C1CCN(C(=O)[C@H](C)Cn2cccn2)CC1. The van der Waals surface area contributed by atoms with Crippen molar-refractivity contribution in [1.82, 2.24) is 24.2 Å². The van der Waals surface area contributed by atoms with Gasteiger partial charge in [-0.1, -0.05) is 20.3 Å². The van der Waals surface area contributed by atoms with E-state index in [1.165, 1.54) is 18.7 Å². The molecule has 1 aliphatic rings. The lowest BCUT2D eigenvalue weighted by atomic mass is 9.95. The first-order valence-electron chi connectivity index (χ1n) is 9.46. The van der Waals surface area contributed by atoms with Crippen molar-refractivity contribution in [3.63, 3.8) is 0 Å². The number of amides is 1. The molecule has 1 atom stereocenters. The molecule has 1 fully saturated rings. The van der Waals surface area contributed by atoms with Crippen molar-refractivity contribution in [2.75, 3.05) is 13.1 Å². The molecule has 2 aromatic heterocycles. The first-order chi connectivity index (χ1) is 12.2. The third-order valence-corrected chi connectivity index (χ3v) is 5.11. The number of unbranched alkanes of at least 4 members (excludes halogenated alkanes) is 1. The van der Waals surface area contributed by atoms with E-state index in [2.05, 4.69) is 27.8 Å². The van der Waals surface area contributed by atoms with E-state index in [9.17, 15) is 4.79 Å². The van der Waals surface area contributed by atoms with E-state index < -0.39 is 0 Å². The maximum atomic E-state index is 12.7. The Balaban J connectivity index is 1.53. The largest absolute Gasteiger partial charge is 0.342 e. The maximum absolute atomic E-state index is 12.7. The molecule has 3 heterocycles. The Hall–Kier alpha value is -2.11. The molecule has 3 rings (SSSR count). The number of aromatic nitrogens is 4. The van der Waals surface area contributed by atoms with Crippen LogP contribution in [-0.2, 0) is 17.9 Å². The van der Waals surface area contributed by atoms with Gasteiger partial charge in [-0.15, -0.1) is 0 Å². The van der Waals surface area contributed by atoms with Crippen LogP contribution in [0.25, 0.3) is 0 Å². The van der Waals surface area contributed by atoms with Gasteiger partial charge in [-0.25, -0.2) is 4.98 Å². The fourth-order valence-electron chi connectivity index (χ4n) is 3.64. The fourth-order valence-corrected chi connectivity index (χ4v) is 3.64. The zero-order valence-corrected chi connectivity index (χ0v) is 15.3. The van der Waals surface area contributed by atoms with Crippen LogP contribution >= 0.6 is 0 Å². The number of piperidine rings is 1. The summed E-state index contributed by atoms with van der Waals surface area (Å²) in [4.78, 5) is 19.3. The van der Waals surface area contributed by atoms with E-state index in [0.29, 0.717) is 12.5 Å². The summed E-state index contributed by atoms with van der Waals surface area (Å²) >= 11 is 0. The number of aryl methyl sites for hydroxylation is 1. The van der Waals surface area contributed by atoms with Gasteiger partial charge in [0.15, 0.2) is 0 Å². The Morgan fingerprint density at radius 3 is 2.76 bits per heavy atom. The van der Waals surface area contributed by atoms with Crippen LogP contribution in [0.4, 0.5) is 0 Å². The van der Waals surface area contributed by atoms with Crippen molar-refractivity contribution in [3.05, 3.63) is 36.7 Å². The predicted octanol–water partition coefficient (Wildman–Crippen LogP) is 2.92. The molecule has 6 heteroatoms. The second-order valence-corrected chi connectivity index (χ2v) is 7.06. The van der Waals surface area contributed by atoms with Crippen molar-refractivity contribution in [2.24, 2.45) is 5.92 Å². The molecule has 0 saturated carbocycles. The topological polar surface area (TPSA) is 56.0 Å². The maximum Gasteiger partial charge on any atom is 0.227 e. The van der Waals surface area contributed by atoms with Crippen molar-refractivity contribution < 1.29 is 4.79 Å². The number of carbonyl (C=O) groups excluding carboxylic acids is 1. The zero-order chi connectivity index (χ0) is 17.6. The highest BCUT2D eigenvalue weighted by atomic mass is 16.2. The molecular weight excluding hydrogens is 314 g/mol. The number of nitrogens with zero attached hydrogens (tertiary/aromatic N) is 5. The predicted molar refractivity (Wildman–Crippen MR) is 97.1 cm³/mol. The summed E-state index contributed by atoms with van der Waals surface area (Å²) in [5, 5.41) is 4.20. The molecule has 2 aromatic rings. The monoisotopic (exact) mass is 343 g/mol. The van der Waals surface area contributed by atoms with Crippen molar-refractivity contribution >= 4 is 5.91 Å². The summed E-state index contributed by atoms with van der Waals surface area (Å²) in [6.07, 6.45) is 12.1. The Bertz CT molecular complexity index is 655. The average molecular weight is 343 g/mol. The van der Waals surface area contributed by atoms with Gasteiger partial charge >= 0.3 is 0 Å². The zero-order valence-electron chi connectivity index (χ0n) is 15.3. The van der Waals surface area contributed by atoms with E-state index in [1.54, 1.807) is 6.20 Å². The van der Waals surface area contributed by atoms with Crippen LogP contribution in [0.5, 0.6) is 0 Å². The molecule has 0 bridgehead atoms. The molecule has 1 amide bonds. The first kappa shape index (κ1) is 17.7. The average Bonchev–Trinajstić information content (AvgIpc) is 3.31. The molecule has 0 radical (unpaired) electrons. The summed E-state index contributed by atoms with van der Waals surface area (Å²) in [7, 11) is 0. The highest BCUT2D eigenvalue weighted by Crippen LogP contribution is 2.28. The summed E-state index contributed by atoms with van der Waals surface area (Å²) in [6.45, 7) is 7.55. The number of hydrogen-bond acceptors (Lipinski definition) is 3. The van der Waals surface area contributed by atoms with Crippen LogP contribution in [0.1, 0.15) is 51.3 Å². The lowest BCUT2D eigenvalue weighted by Crippen LogP contribution is -2.42. The molecule has 0 N–H and O–H groups in total. The van der Waals surface area contributed by atoms with Gasteiger partial charge in [0, 0.05) is 50.3 Å². The smallest absolute Gasteiger partial charge is 0.227 e. The van der Waals surface area contributed by atoms with E-state index >= 15 is 0 Å². The van der Waals surface area contributed by atoms with Gasteiger partial charge in [0.05, 0.1) is 12.5 Å². The van der Waals surface area contributed by atoms with Crippen LogP contribution in [0.3, 0.4) is 0 Å². The summed E-state index contributed by atoms with van der Waals surface area (Å²) in [6, 6.07) is 1.89. The molecule has 0 aliphatic carbocycles. The Morgan fingerprint density at radius 2 is 2.08 bits per heavy atom. The number of hydrogen-bond donors (Lipinski definition) is 0. The van der Waals surface area contributed by atoms with Crippen LogP contribution in [0, 0.1) is 5.92 Å². The van der Waals surface area contributed by atoms with Crippen molar-refractivity contribution in [3.8, 4) is 0 Å². The molecular formula is C19H29N5O. The molecule has 6 nitrogen and oxygen atoms in total. The second-order valence-electron chi connectivity index (χ2n) is 7.06. The number of likely N-dealkylation sites (tertiary alicyclic amines) is 1. The highest BCUT2D eigenvalue weighted by Gasteiger charge is 2.28. The van der Waals surface area contributed by atoms with Gasteiger partial charge < -0.3 is 9.47 Å². The molecule has 0 aromatic carbocycles. The first-order valence-corrected chi connectivity index (χ1v) is 9.46. The highest BCUT2D eigenvalue weighted by molar-refractivity contribution is 5.78.